The van der Waals surface area contributed by atoms with Crippen LogP contribution in [0.25, 0.3) is 0 Å². The molecule has 0 unspecified atom stereocenters. The average molecular weight is 292 g/mol. The number of amides is 1. The maximum absolute atomic E-state index is 12.2. The van der Waals surface area contributed by atoms with Gasteiger partial charge in [-0.2, -0.15) is 0 Å². The van der Waals surface area contributed by atoms with Crippen molar-refractivity contribution in [1.29, 1.82) is 0 Å². The Morgan fingerprint density at radius 2 is 2.10 bits per heavy atom. The van der Waals surface area contributed by atoms with E-state index in [2.05, 4.69) is 15.8 Å². The van der Waals surface area contributed by atoms with Crippen LogP contribution in [0.5, 0.6) is 0 Å². The third-order valence-corrected chi connectivity index (χ3v) is 4.51. The molecule has 1 aromatic heterocycles. The van der Waals surface area contributed by atoms with Crippen LogP contribution in [0.4, 0.5) is 10.9 Å². The van der Waals surface area contributed by atoms with Crippen LogP contribution in [0.1, 0.15) is 35.4 Å². The molecular weight excluding hydrogens is 272 g/mol. The fourth-order valence-corrected chi connectivity index (χ4v) is 3.28. The number of rotatable bonds is 3. The fourth-order valence-electron chi connectivity index (χ4n) is 2.25. The highest BCUT2D eigenvalue weighted by atomic mass is 32.1. The molecule has 6 heteroatoms. The second-order valence-electron chi connectivity index (χ2n) is 4.98. The minimum Gasteiger partial charge on any atom is -0.382 e. The number of aromatic nitrogens is 1. The Bertz CT molecular complexity index is 512. The predicted octanol–water partition coefficient (Wildman–Crippen LogP) is 1.81. The normalized spacial score (nSPS) is 15.5. The quantitative estimate of drug-likeness (QED) is 0.863. The van der Waals surface area contributed by atoms with Gasteiger partial charge >= 0.3 is 0 Å². The molecule has 1 amide bonds. The van der Waals surface area contributed by atoms with Crippen molar-refractivity contribution in [3.05, 3.63) is 4.88 Å². The van der Waals surface area contributed by atoms with Gasteiger partial charge in [-0.1, -0.05) is 30.1 Å². The molecule has 0 saturated carbocycles. The summed E-state index contributed by atoms with van der Waals surface area (Å²) < 4.78 is 0. The number of carbonyl (C=O) groups excluding carboxylic acids is 1. The molecule has 2 N–H and O–H groups in total. The van der Waals surface area contributed by atoms with Crippen LogP contribution in [0.3, 0.4) is 0 Å². The van der Waals surface area contributed by atoms with Gasteiger partial charge in [0, 0.05) is 20.1 Å². The first-order valence-corrected chi connectivity index (χ1v) is 7.65. The summed E-state index contributed by atoms with van der Waals surface area (Å²) in [6, 6.07) is 0. The largest absolute Gasteiger partial charge is 0.382 e. The zero-order valence-electron chi connectivity index (χ0n) is 11.8. The summed E-state index contributed by atoms with van der Waals surface area (Å²) in [5.74, 6) is 2.61. The van der Waals surface area contributed by atoms with Crippen LogP contribution in [0.15, 0.2) is 0 Å². The first-order chi connectivity index (χ1) is 9.63. The Kier molecular flexibility index (Phi) is 4.85. The summed E-state index contributed by atoms with van der Waals surface area (Å²) in [6.45, 7) is 2.25. The van der Waals surface area contributed by atoms with Gasteiger partial charge in [-0.05, 0) is 12.8 Å². The number of hydrogen-bond acceptors (Lipinski definition) is 5. The topological polar surface area (TPSA) is 62.5 Å². The monoisotopic (exact) mass is 292 g/mol. The number of carbonyl (C=O) groups is 1. The van der Waals surface area contributed by atoms with Crippen LogP contribution in [0, 0.1) is 12.3 Å². The van der Waals surface area contributed by atoms with Crippen molar-refractivity contribution >= 4 is 28.2 Å². The highest BCUT2D eigenvalue weighted by molar-refractivity contribution is 7.18. The van der Waals surface area contributed by atoms with Crippen LogP contribution >= 0.6 is 11.3 Å². The Hall–Kier alpha value is -1.74. The third-order valence-electron chi connectivity index (χ3n) is 3.39. The van der Waals surface area contributed by atoms with Gasteiger partial charge in [-0.3, -0.25) is 4.79 Å². The van der Waals surface area contributed by atoms with Crippen molar-refractivity contribution in [3.63, 3.8) is 0 Å². The van der Waals surface area contributed by atoms with Gasteiger partial charge in [0.2, 0.25) is 0 Å². The highest BCUT2D eigenvalue weighted by Gasteiger charge is 2.22. The van der Waals surface area contributed by atoms with Crippen molar-refractivity contribution in [1.82, 2.24) is 9.88 Å². The van der Waals surface area contributed by atoms with Crippen molar-refractivity contribution in [2.45, 2.75) is 25.7 Å². The molecule has 1 aliphatic heterocycles. The summed E-state index contributed by atoms with van der Waals surface area (Å²) in [5, 5.41) is 0.849. The Balaban J connectivity index is 2.16. The summed E-state index contributed by atoms with van der Waals surface area (Å²) in [6.07, 6.45) is 10.1. The van der Waals surface area contributed by atoms with Gasteiger partial charge in [0.25, 0.3) is 5.91 Å². The summed E-state index contributed by atoms with van der Waals surface area (Å²) in [4.78, 5) is 20.8. The standard InChI is InChI=1S/C14H20N4OS/c1-3-8-17(2)13(19)11-12(15)16-14(20-11)18-9-6-4-5-7-10-18/h1H,4-10,15H2,2H3. The van der Waals surface area contributed by atoms with E-state index in [9.17, 15) is 4.79 Å². The van der Waals surface area contributed by atoms with Crippen molar-refractivity contribution in [3.8, 4) is 12.3 Å². The van der Waals surface area contributed by atoms with Gasteiger partial charge in [0.15, 0.2) is 5.13 Å². The molecule has 0 aromatic carbocycles. The molecule has 1 aromatic rings. The van der Waals surface area contributed by atoms with Gasteiger partial charge in [-0.25, -0.2) is 4.98 Å². The number of anilines is 2. The first-order valence-electron chi connectivity index (χ1n) is 6.83. The predicted molar refractivity (Wildman–Crippen MR) is 83.0 cm³/mol. The molecule has 0 radical (unpaired) electrons. The van der Waals surface area contributed by atoms with E-state index in [4.69, 9.17) is 12.2 Å². The number of nitrogen functional groups attached to an aromatic ring is 1. The second kappa shape index (κ2) is 6.62. The summed E-state index contributed by atoms with van der Waals surface area (Å²) in [7, 11) is 1.67. The highest BCUT2D eigenvalue weighted by Crippen LogP contribution is 2.30. The average Bonchev–Trinajstić information content (AvgIpc) is 2.66. The number of nitrogens with two attached hydrogens (primary N) is 1. The van der Waals surface area contributed by atoms with E-state index >= 15 is 0 Å². The number of thiazole rings is 1. The van der Waals surface area contributed by atoms with Crippen LogP contribution in [-0.4, -0.2) is 42.5 Å². The molecule has 0 spiro atoms. The Morgan fingerprint density at radius 1 is 1.45 bits per heavy atom. The van der Waals surface area contributed by atoms with Gasteiger partial charge in [0.05, 0.1) is 6.54 Å². The van der Waals surface area contributed by atoms with Crippen molar-refractivity contribution in [2.24, 2.45) is 0 Å². The molecule has 2 rings (SSSR count). The molecule has 20 heavy (non-hydrogen) atoms. The van der Waals surface area contributed by atoms with Crippen LogP contribution in [0.2, 0.25) is 0 Å². The van der Waals surface area contributed by atoms with E-state index in [0.717, 1.165) is 18.2 Å². The smallest absolute Gasteiger partial charge is 0.268 e. The van der Waals surface area contributed by atoms with E-state index < -0.39 is 0 Å². The zero-order chi connectivity index (χ0) is 14.5. The Labute approximate surface area is 123 Å². The van der Waals surface area contributed by atoms with E-state index in [-0.39, 0.29) is 12.5 Å². The van der Waals surface area contributed by atoms with Crippen molar-refractivity contribution < 1.29 is 4.79 Å². The lowest BCUT2D eigenvalue weighted by Gasteiger charge is -2.18. The summed E-state index contributed by atoms with van der Waals surface area (Å²) >= 11 is 1.37. The maximum Gasteiger partial charge on any atom is 0.268 e. The molecule has 0 atom stereocenters. The molecule has 108 valence electrons. The minimum atomic E-state index is -0.154. The lowest BCUT2D eigenvalue weighted by molar-refractivity contribution is 0.0818. The number of hydrogen-bond donors (Lipinski definition) is 1. The second-order valence-corrected chi connectivity index (χ2v) is 5.95. The summed E-state index contributed by atoms with van der Waals surface area (Å²) in [5.41, 5.74) is 5.90. The molecule has 2 heterocycles. The fraction of sp³-hybridized carbons (Fsp3) is 0.571. The first kappa shape index (κ1) is 14.7. The molecule has 1 aliphatic rings. The molecular formula is C14H20N4OS. The van der Waals surface area contributed by atoms with Crippen molar-refractivity contribution in [2.75, 3.05) is 37.3 Å². The molecule has 5 nitrogen and oxygen atoms in total. The Morgan fingerprint density at radius 3 is 2.70 bits per heavy atom. The number of terminal acetylenes is 1. The minimum absolute atomic E-state index is 0.154. The van der Waals surface area contributed by atoms with Gasteiger partial charge < -0.3 is 15.5 Å². The molecule has 0 aliphatic carbocycles. The molecule has 1 fully saturated rings. The molecule has 0 bridgehead atoms. The lowest BCUT2D eigenvalue weighted by Crippen LogP contribution is -2.26. The number of nitrogens with zero attached hydrogens (tertiary/aromatic N) is 3. The van der Waals surface area contributed by atoms with Crippen LogP contribution < -0.4 is 10.6 Å². The van der Waals surface area contributed by atoms with Gasteiger partial charge in [-0.15, -0.1) is 6.42 Å². The van der Waals surface area contributed by atoms with Crippen LogP contribution in [-0.2, 0) is 0 Å². The third kappa shape index (κ3) is 3.23. The lowest BCUT2D eigenvalue weighted by atomic mass is 10.2. The maximum atomic E-state index is 12.2. The molecule has 1 saturated heterocycles. The van der Waals surface area contributed by atoms with Gasteiger partial charge in [0.1, 0.15) is 10.7 Å². The SMILES string of the molecule is C#CCN(C)C(=O)c1sc(N2CCCCCC2)nc1N. The van der Waals surface area contributed by atoms with E-state index in [1.165, 1.54) is 41.9 Å². The van der Waals surface area contributed by atoms with E-state index in [1.807, 2.05) is 0 Å². The zero-order valence-corrected chi connectivity index (χ0v) is 12.6. The van der Waals surface area contributed by atoms with E-state index in [0.29, 0.717) is 10.7 Å². The van der Waals surface area contributed by atoms with E-state index in [1.54, 1.807) is 7.05 Å².